The molecule has 4 nitrogen and oxygen atoms in total. The van der Waals surface area contributed by atoms with Gasteiger partial charge in [0.15, 0.2) is 0 Å². The predicted molar refractivity (Wildman–Crippen MR) is 57.9 cm³/mol. The van der Waals surface area contributed by atoms with Crippen LogP contribution in [0, 0.1) is 0 Å². The number of hydrogen-bond donors (Lipinski definition) is 4. The molecule has 4 heteroatoms. The number of rotatable bonds is 3. The van der Waals surface area contributed by atoms with Crippen LogP contribution >= 0.6 is 0 Å². The molecule has 0 saturated carbocycles. The summed E-state index contributed by atoms with van der Waals surface area (Å²) >= 11 is 0. The van der Waals surface area contributed by atoms with E-state index in [1.165, 1.54) is 0 Å². The maximum atomic E-state index is 8.61. The molecule has 1 rings (SSSR count). The smallest absolute Gasteiger partial charge is 0.0980 e. The minimum absolute atomic E-state index is 0.0606. The van der Waals surface area contributed by atoms with Crippen LogP contribution in [0.2, 0.25) is 0 Å². The lowest BCUT2D eigenvalue weighted by Crippen LogP contribution is -2.33. The lowest BCUT2D eigenvalue weighted by Gasteiger charge is -2.11. The number of hydrogen-bond acceptors (Lipinski definition) is 4. The summed E-state index contributed by atoms with van der Waals surface area (Å²) in [5, 5.41) is 19.1. The van der Waals surface area contributed by atoms with Crippen molar-refractivity contribution >= 4 is 5.69 Å². The van der Waals surface area contributed by atoms with Crippen molar-refractivity contribution in [3.8, 4) is 0 Å². The van der Waals surface area contributed by atoms with Crippen molar-refractivity contribution in [2.45, 2.75) is 13.1 Å². The fourth-order valence-corrected chi connectivity index (χ4v) is 0.794. The van der Waals surface area contributed by atoms with Gasteiger partial charge in [-0.15, -0.1) is 0 Å². The van der Waals surface area contributed by atoms with E-state index in [2.05, 4.69) is 5.32 Å². The van der Waals surface area contributed by atoms with E-state index in [1.54, 1.807) is 6.92 Å². The maximum Gasteiger partial charge on any atom is 0.0980 e. The molecule has 1 aromatic rings. The first-order valence-electron chi connectivity index (χ1n) is 4.53. The van der Waals surface area contributed by atoms with Crippen LogP contribution in [0.3, 0.4) is 0 Å². The average molecular weight is 198 g/mol. The first-order valence-corrected chi connectivity index (χ1v) is 4.53. The van der Waals surface area contributed by atoms with Gasteiger partial charge >= 0.3 is 0 Å². The largest absolute Gasteiger partial charge is 0.397 e. The number of anilines is 1. The summed E-state index contributed by atoms with van der Waals surface area (Å²) in [4.78, 5) is 0. The Morgan fingerprint density at radius 1 is 1.29 bits per heavy atom. The van der Waals surface area contributed by atoms with Crippen LogP contribution in [0.1, 0.15) is 6.92 Å². The van der Waals surface area contributed by atoms with Crippen LogP contribution in [-0.2, 0) is 0 Å². The first kappa shape index (κ1) is 12.9. The van der Waals surface area contributed by atoms with E-state index in [0.717, 1.165) is 5.69 Å². The number of nitrogens with two attached hydrogens (primary N) is 1. The number of aliphatic hydroxyl groups excluding tert-OH is 2. The van der Waals surface area contributed by atoms with Gasteiger partial charge in [-0.1, -0.05) is 18.2 Å². The van der Waals surface area contributed by atoms with Crippen LogP contribution < -0.4 is 11.1 Å². The number of nitrogens with one attached hydrogen (secondary N) is 1. The standard InChI is InChI=1S/C8H12N2O.C2H6O/c9-8(6-11)10-7-4-2-1-3-5-7;1-2-3/h1-5,8,10-11H,6,9H2;3H,2H2,1H3. The van der Waals surface area contributed by atoms with Crippen LogP contribution in [0.5, 0.6) is 0 Å². The van der Waals surface area contributed by atoms with Gasteiger partial charge in [-0.05, 0) is 19.1 Å². The van der Waals surface area contributed by atoms with E-state index < -0.39 is 0 Å². The summed E-state index contributed by atoms with van der Waals surface area (Å²) in [7, 11) is 0. The Kier molecular flexibility index (Phi) is 7.83. The molecular formula is C10H18N2O2. The molecule has 0 heterocycles. The third kappa shape index (κ3) is 6.42. The highest BCUT2D eigenvalue weighted by Gasteiger charge is 1.96. The van der Waals surface area contributed by atoms with E-state index in [0.29, 0.717) is 0 Å². The molecule has 14 heavy (non-hydrogen) atoms. The van der Waals surface area contributed by atoms with Crippen molar-refractivity contribution in [2.24, 2.45) is 5.73 Å². The van der Waals surface area contributed by atoms with Crippen molar-refractivity contribution in [3.05, 3.63) is 30.3 Å². The van der Waals surface area contributed by atoms with Crippen LogP contribution in [-0.4, -0.2) is 29.6 Å². The molecule has 1 atom stereocenters. The normalized spacial score (nSPS) is 11.1. The van der Waals surface area contributed by atoms with Crippen LogP contribution in [0.4, 0.5) is 5.69 Å². The number of aliphatic hydroxyl groups is 2. The maximum absolute atomic E-state index is 8.61. The summed E-state index contributed by atoms with van der Waals surface area (Å²) < 4.78 is 0. The fraction of sp³-hybridized carbons (Fsp3) is 0.400. The summed E-state index contributed by atoms with van der Waals surface area (Å²) in [6, 6.07) is 9.54. The highest BCUT2D eigenvalue weighted by atomic mass is 16.3. The van der Waals surface area contributed by atoms with Crippen molar-refractivity contribution in [2.75, 3.05) is 18.5 Å². The van der Waals surface area contributed by atoms with Crippen molar-refractivity contribution in [1.29, 1.82) is 0 Å². The third-order valence-corrected chi connectivity index (χ3v) is 1.32. The van der Waals surface area contributed by atoms with Crippen molar-refractivity contribution in [3.63, 3.8) is 0 Å². The van der Waals surface area contributed by atoms with E-state index in [4.69, 9.17) is 15.9 Å². The zero-order valence-corrected chi connectivity index (χ0v) is 8.35. The molecule has 0 bridgehead atoms. The van der Waals surface area contributed by atoms with Gasteiger partial charge in [0, 0.05) is 12.3 Å². The van der Waals surface area contributed by atoms with Crippen molar-refractivity contribution in [1.82, 2.24) is 0 Å². The highest BCUT2D eigenvalue weighted by Crippen LogP contribution is 2.04. The van der Waals surface area contributed by atoms with Gasteiger partial charge in [0.25, 0.3) is 0 Å². The van der Waals surface area contributed by atoms with Gasteiger partial charge in [-0.3, -0.25) is 0 Å². The van der Waals surface area contributed by atoms with Gasteiger partial charge in [0.2, 0.25) is 0 Å². The van der Waals surface area contributed by atoms with Gasteiger partial charge in [-0.2, -0.15) is 0 Å². The molecule has 1 aromatic carbocycles. The number of benzene rings is 1. The second kappa shape index (κ2) is 8.50. The lowest BCUT2D eigenvalue weighted by atomic mass is 10.3. The molecule has 0 fully saturated rings. The van der Waals surface area contributed by atoms with E-state index in [-0.39, 0.29) is 19.4 Å². The topological polar surface area (TPSA) is 78.5 Å². The van der Waals surface area contributed by atoms with E-state index in [9.17, 15) is 0 Å². The zero-order chi connectivity index (χ0) is 10.8. The Morgan fingerprint density at radius 2 is 1.79 bits per heavy atom. The van der Waals surface area contributed by atoms with Crippen molar-refractivity contribution < 1.29 is 10.2 Å². The molecule has 0 radical (unpaired) electrons. The number of para-hydroxylation sites is 1. The minimum atomic E-state index is -0.377. The SMILES string of the molecule is CCO.NC(CO)Nc1ccccc1. The Bertz CT molecular complexity index is 217. The second-order valence-electron chi connectivity index (χ2n) is 2.62. The molecule has 0 spiro atoms. The quantitative estimate of drug-likeness (QED) is 0.529. The zero-order valence-electron chi connectivity index (χ0n) is 8.35. The van der Waals surface area contributed by atoms with Crippen LogP contribution in [0.15, 0.2) is 30.3 Å². The Hall–Kier alpha value is -1.10. The molecule has 0 aliphatic heterocycles. The molecule has 0 aromatic heterocycles. The summed E-state index contributed by atoms with van der Waals surface area (Å²) in [5.74, 6) is 0. The molecular weight excluding hydrogens is 180 g/mol. The van der Waals surface area contributed by atoms with E-state index >= 15 is 0 Å². The highest BCUT2D eigenvalue weighted by molar-refractivity contribution is 5.43. The van der Waals surface area contributed by atoms with Gasteiger partial charge in [0.05, 0.1) is 12.8 Å². The fourth-order valence-electron chi connectivity index (χ4n) is 0.794. The first-order chi connectivity index (χ1) is 6.74. The monoisotopic (exact) mass is 198 g/mol. The second-order valence-corrected chi connectivity index (χ2v) is 2.62. The molecule has 0 amide bonds. The molecule has 5 N–H and O–H groups in total. The van der Waals surface area contributed by atoms with E-state index in [1.807, 2.05) is 30.3 Å². The minimum Gasteiger partial charge on any atom is -0.397 e. The molecule has 80 valence electrons. The Labute approximate surface area is 84.4 Å². The Morgan fingerprint density at radius 3 is 2.21 bits per heavy atom. The summed E-state index contributed by atoms with van der Waals surface area (Å²) in [5.41, 5.74) is 6.37. The molecule has 0 aliphatic carbocycles. The summed E-state index contributed by atoms with van der Waals surface area (Å²) in [6.07, 6.45) is -0.377. The van der Waals surface area contributed by atoms with Gasteiger partial charge < -0.3 is 21.3 Å². The lowest BCUT2D eigenvalue weighted by molar-refractivity contribution is 0.277. The van der Waals surface area contributed by atoms with Gasteiger partial charge in [0.1, 0.15) is 0 Å². The Balaban J connectivity index is 0.000000500. The molecule has 0 saturated heterocycles. The summed E-state index contributed by atoms with van der Waals surface area (Å²) in [6.45, 7) is 1.87. The third-order valence-electron chi connectivity index (χ3n) is 1.32. The van der Waals surface area contributed by atoms with Crippen LogP contribution in [0.25, 0.3) is 0 Å². The molecule has 0 aliphatic rings. The predicted octanol–water partition coefficient (Wildman–Crippen LogP) is 0.374. The average Bonchev–Trinajstić information content (AvgIpc) is 2.20. The molecule has 1 unspecified atom stereocenters. The van der Waals surface area contributed by atoms with Gasteiger partial charge in [-0.25, -0.2) is 0 Å².